The van der Waals surface area contributed by atoms with Crippen LogP contribution in [-0.4, -0.2) is 57.3 Å². The summed E-state index contributed by atoms with van der Waals surface area (Å²) in [7, 11) is -1.94. The van der Waals surface area contributed by atoms with Crippen molar-refractivity contribution in [1.82, 2.24) is 9.03 Å². The van der Waals surface area contributed by atoms with Gasteiger partial charge in [-0.2, -0.15) is 17.4 Å². The summed E-state index contributed by atoms with van der Waals surface area (Å²) in [5.74, 6) is 0. The molecule has 0 aromatic carbocycles. The third-order valence-corrected chi connectivity index (χ3v) is 4.74. The third kappa shape index (κ3) is 5.19. The van der Waals surface area contributed by atoms with Crippen LogP contribution >= 0.6 is 0 Å². The number of hydrogen-bond donors (Lipinski definition) is 2. The summed E-state index contributed by atoms with van der Waals surface area (Å²) < 4.78 is 33.4. The highest BCUT2D eigenvalue weighted by atomic mass is 32.2. The number of nitrogens with one attached hydrogen (secondary N) is 1. The Hall–Kier alpha value is -0.210. The fraction of sp³-hybridized carbons (Fsp3) is 1.00. The van der Waals surface area contributed by atoms with Gasteiger partial charge in [0.05, 0.1) is 6.61 Å². The number of nitrogens with zero attached hydrogens (tertiary/aromatic N) is 1. The first-order chi connectivity index (χ1) is 8.60. The molecule has 2 N–H and O–H groups in total. The van der Waals surface area contributed by atoms with Gasteiger partial charge in [-0.15, -0.1) is 0 Å². The van der Waals surface area contributed by atoms with Crippen LogP contribution in [0.5, 0.6) is 0 Å². The summed E-state index contributed by atoms with van der Waals surface area (Å²) in [6, 6.07) is -0.367. The smallest absolute Gasteiger partial charge is 0.279 e. The van der Waals surface area contributed by atoms with Crippen LogP contribution in [0.3, 0.4) is 0 Å². The molecule has 1 unspecified atom stereocenters. The first kappa shape index (κ1) is 15.8. The molecule has 1 heterocycles. The van der Waals surface area contributed by atoms with Crippen LogP contribution in [0.25, 0.3) is 0 Å². The van der Waals surface area contributed by atoms with E-state index in [1.807, 2.05) is 0 Å². The van der Waals surface area contributed by atoms with E-state index in [9.17, 15) is 8.42 Å². The molecule has 0 aromatic rings. The van der Waals surface area contributed by atoms with E-state index in [4.69, 9.17) is 9.84 Å². The van der Waals surface area contributed by atoms with Crippen molar-refractivity contribution in [1.29, 1.82) is 0 Å². The van der Waals surface area contributed by atoms with Crippen LogP contribution < -0.4 is 4.72 Å². The van der Waals surface area contributed by atoms with Gasteiger partial charge in [0.25, 0.3) is 10.2 Å². The Balaban J connectivity index is 2.59. The number of hydrogen-bond acceptors (Lipinski definition) is 4. The molecule has 0 spiro atoms. The maximum atomic E-state index is 12.2. The van der Waals surface area contributed by atoms with Crippen LogP contribution in [0.2, 0.25) is 0 Å². The maximum Gasteiger partial charge on any atom is 0.279 e. The Labute approximate surface area is 109 Å². The second-order valence-electron chi connectivity index (χ2n) is 4.60. The van der Waals surface area contributed by atoms with Crippen molar-refractivity contribution in [2.75, 3.05) is 33.4 Å². The minimum Gasteiger partial charge on any atom is -0.396 e. The van der Waals surface area contributed by atoms with E-state index in [2.05, 4.69) is 4.72 Å². The number of aliphatic hydroxyl groups excluding tert-OH is 1. The zero-order chi connectivity index (χ0) is 13.4. The van der Waals surface area contributed by atoms with Crippen molar-refractivity contribution < 1.29 is 18.3 Å². The maximum absolute atomic E-state index is 12.2. The van der Waals surface area contributed by atoms with Crippen molar-refractivity contribution in [3.05, 3.63) is 0 Å². The SMILES string of the molecule is COCC(CCO)NS(=O)(=O)N1CCCCCC1. The van der Waals surface area contributed by atoms with Gasteiger partial charge in [-0.05, 0) is 19.3 Å². The average molecular weight is 280 g/mol. The molecule has 0 aromatic heterocycles. The lowest BCUT2D eigenvalue weighted by Crippen LogP contribution is -2.47. The highest BCUT2D eigenvalue weighted by molar-refractivity contribution is 7.87. The van der Waals surface area contributed by atoms with E-state index in [-0.39, 0.29) is 19.3 Å². The van der Waals surface area contributed by atoms with Crippen molar-refractivity contribution in [3.63, 3.8) is 0 Å². The van der Waals surface area contributed by atoms with Crippen LogP contribution in [0, 0.1) is 0 Å². The van der Waals surface area contributed by atoms with Gasteiger partial charge in [0.1, 0.15) is 0 Å². The highest BCUT2D eigenvalue weighted by Gasteiger charge is 2.25. The second kappa shape index (κ2) is 8.06. The summed E-state index contributed by atoms with van der Waals surface area (Å²) in [5, 5.41) is 8.91. The topological polar surface area (TPSA) is 78.9 Å². The quantitative estimate of drug-likeness (QED) is 0.693. The minimum atomic E-state index is -3.46. The summed E-state index contributed by atoms with van der Waals surface area (Å²) in [5.41, 5.74) is 0. The Morgan fingerprint density at radius 3 is 2.39 bits per heavy atom. The Kier molecular flexibility index (Phi) is 7.10. The Bertz CT molecular complexity index is 307. The molecule has 0 saturated carbocycles. The molecule has 0 aliphatic carbocycles. The van der Waals surface area contributed by atoms with Gasteiger partial charge in [-0.3, -0.25) is 0 Å². The molecule has 1 aliphatic rings. The minimum absolute atomic E-state index is 0.0590. The summed E-state index contributed by atoms with van der Waals surface area (Å²) >= 11 is 0. The fourth-order valence-electron chi connectivity index (χ4n) is 2.10. The highest BCUT2D eigenvalue weighted by Crippen LogP contribution is 2.13. The zero-order valence-corrected chi connectivity index (χ0v) is 11.8. The molecule has 0 amide bonds. The first-order valence-electron chi connectivity index (χ1n) is 6.47. The van der Waals surface area contributed by atoms with Crippen molar-refractivity contribution >= 4 is 10.2 Å². The van der Waals surface area contributed by atoms with Gasteiger partial charge in [0.15, 0.2) is 0 Å². The molecule has 7 heteroatoms. The number of rotatable bonds is 7. The molecule has 1 fully saturated rings. The molecule has 1 atom stereocenters. The van der Waals surface area contributed by atoms with E-state index in [1.165, 1.54) is 11.4 Å². The van der Waals surface area contributed by atoms with Crippen LogP contribution in [-0.2, 0) is 14.9 Å². The van der Waals surface area contributed by atoms with Gasteiger partial charge < -0.3 is 9.84 Å². The molecule has 1 saturated heterocycles. The lowest BCUT2D eigenvalue weighted by atomic mass is 10.2. The van der Waals surface area contributed by atoms with Gasteiger partial charge in [-0.25, -0.2) is 0 Å². The largest absolute Gasteiger partial charge is 0.396 e. The van der Waals surface area contributed by atoms with Gasteiger partial charge >= 0.3 is 0 Å². The van der Waals surface area contributed by atoms with Crippen LogP contribution in [0.4, 0.5) is 0 Å². The number of aliphatic hydroxyl groups is 1. The number of ether oxygens (including phenoxy) is 1. The van der Waals surface area contributed by atoms with Gasteiger partial charge in [0.2, 0.25) is 0 Å². The molecule has 0 radical (unpaired) electrons. The van der Waals surface area contributed by atoms with E-state index in [1.54, 1.807) is 0 Å². The molecule has 0 bridgehead atoms. The van der Waals surface area contributed by atoms with Gasteiger partial charge in [0, 0.05) is 32.8 Å². The van der Waals surface area contributed by atoms with Crippen LogP contribution in [0.15, 0.2) is 0 Å². The standard InChI is InChI=1S/C11H24N2O4S/c1-17-10-11(6-9-14)12-18(15,16)13-7-4-2-3-5-8-13/h11-12,14H,2-10H2,1H3. The van der Waals surface area contributed by atoms with E-state index < -0.39 is 10.2 Å². The normalized spacial score (nSPS) is 20.6. The number of methoxy groups -OCH3 is 1. The van der Waals surface area contributed by atoms with E-state index >= 15 is 0 Å². The monoisotopic (exact) mass is 280 g/mol. The molecule has 6 nitrogen and oxygen atoms in total. The molecule has 1 rings (SSSR count). The van der Waals surface area contributed by atoms with Gasteiger partial charge in [-0.1, -0.05) is 12.8 Å². The predicted molar refractivity (Wildman–Crippen MR) is 69.5 cm³/mol. The Morgan fingerprint density at radius 2 is 1.89 bits per heavy atom. The summed E-state index contributed by atoms with van der Waals surface area (Å²) in [4.78, 5) is 0. The molecular formula is C11H24N2O4S. The van der Waals surface area contributed by atoms with Crippen molar-refractivity contribution in [2.24, 2.45) is 0 Å². The Morgan fingerprint density at radius 1 is 1.28 bits per heavy atom. The third-order valence-electron chi connectivity index (χ3n) is 3.07. The zero-order valence-electron chi connectivity index (χ0n) is 11.0. The molecule has 18 heavy (non-hydrogen) atoms. The van der Waals surface area contributed by atoms with Crippen LogP contribution in [0.1, 0.15) is 32.1 Å². The van der Waals surface area contributed by atoms with E-state index in [0.29, 0.717) is 19.5 Å². The lowest BCUT2D eigenvalue weighted by molar-refractivity contribution is 0.157. The summed E-state index contributed by atoms with van der Waals surface area (Å²) in [6.07, 6.45) is 4.36. The first-order valence-corrected chi connectivity index (χ1v) is 7.91. The molecular weight excluding hydrogens is 256 g/mol. The molecule has 108 valence electrons. The predicted octanol–water partition coefficient (Wildman–Crippen LogP) is 0.0942. The van der Waals surface area contributed by atoms with E-state index in [0.717, 1.165) is 25.7 Å². The fourth-order valence-corrected chi connectivity index (χ4v) is 3.60. The average Bonchev–Trinajstić information content (AvgIpc) is 2.58. The second-order valence-corrected chi connectivity index (χ2v) is 6.30. The molecule has 1 aliphatic heterocycles. The van der Waals surface area contributed by atoms with Crippen molar-refractivity contribution in [2.45, 2.75) is 38.1 Å². The lowest BCUT2D eigenvalue weighted by Gasteiger charge is -2.24. The van der Waals surface area contributed by atoms with Crippen molar-refractivity contribution in [3.8, 4) is 0 Å². The summed E-state index contributed by atoms with van der Waals surface area (Å²) in [6.45, 7) is 1.37.